The van der Waals surface area contributed by atoms with Gasteiger partial charge in [0.25, 0.3) is 0 Å². The van der Waals surface area contributed by atoms with E-state index in [-0.39, 0.29) is 17.0 Å². The summed E-state index contributed by atoms with van der Waals surface area (Å²) >= 11 is 0. The number of rotatable bonds is 4. The number of esters is 1. The Labute approximate surface area is 107 Å². The third-order valence-corrected chi connectivity index (χ3v) is 2.23. The van der Waals surface area contributed by atoms with Gasteiger partial charge in [0.1, 0.15) is 5.75 Å². The van der Waals surface area contributed by atoms with E-state index in [9.17, 15) is 18.0 Å². The molecule has 0 fully saturated rings. The average Bonchev–Trinajstić information content (AvgIpc) is 2.32. The highest BCUT2D eigenvalue weighted by Crippen LogP contribution is 2.34. The van der Waals surface area contributed by atoms with Crippen molar-refractivity contribution >= 4 is 5.97 Å². The van der Waals surface area contributed by atoms with Crippen molar-refractivity contribution in [3.63, 3.8) is 0 Å². The quantitative estimate of drug-likeness (QED) is 0.789. The first-order chi connectivity index (χ1) is 8.78. The number of halogens is 3. The number of methoxy groups -OCH3 is 2. The molecule has 0 aliphatic rings. The minimum absolute atomic E-state index is 0.105. The smallest absolute Gasteiger partial charge is 0.481 e. The van der Waals surface area contributed by atoms with Crippen LogP contribution in [0, 0.1) is 6.92 Å². The molecular formula is C11H12F3NO4. The van der Waals surface area contributed by atoms with Gasteiger partial charge in [0.05, 0.1) is 26.2 Å². The maximum atomic E-state index is 12.4. The lowest BCUT2D eigenvalue weighted by molar-refractivity contribution is -0.275. The first kappa shape index (κ1) is 15.1. The number of aromatic nitrogens is 1. The molecule has 0 unspecified atom stereocenters. The molecule has 0 aliphatic heterocycles. The van der Waals surface area contributed by atoms with E-state index in [4.69, 9.17) is 4.74 Å². The van der Waals surface area contributed by atoms with Gasteiger partial charge in [-0.2, -0.15) is 0 Å². The molecule has 0 radical (unpaired) electrons. The lowest BCUT2D eigenvalue weighted by Gasteiger charge is -2.16. The summed E-state index contributed by atoms with van der Waals surface area (Å²) < 4.78 is 50.2. The van der Waals surface area contributed by atoms with E-state index >= 15 is 0 Å². The van der Waals surface area contributed by atoms with Gasteiger partial charge >= 0.3 is 12.3 Å². The van der Waals surface area contributed by atoms with Crippen LogP contribution < -0.4 is 9.47 Å². The zero-order chi connectivity index (χ0) is 14.6. The van der Waals surface area contributed by atoms with Gasteiger partial charge in [-0.1, -0.05) is 0 Å². The number of pyridine rings is 1. The van der Waals surface area contributed by atoms with Crippen molar-refractivity contribution in [3.05, 3.63) is 17.3 Å². The fourth-order valence-corrected chi connectivity index (χ4v) is 1.43. The second-order valence-electron chi connectivity index (χ2n) is 3.56. The summed E-state index contributed by atoms with van der Waals surface area (Å²) in [6, 6.07) is 0. The maximum absolute atomic E-state index is 12.4. The number of hydrogen-bond donors (Lipinski definition) is 0. The van der Waals surface area contributed by atoms with Gasteiger partial charge in [-0.15, -0.1) is 13.2 Å². The summed E-state index contributed by atoms with van der Waals surface area (Å²) in [6.45, 7) is 1.38. The first-order valence-corrected chi connectivity index (χ1v) is 5.13. The number of nitrogens with zero attached hydrogens (tertiary/aromatic N) is 1. The van der Waals surface area contributed by atoms with Crippen molar-refractivity contribution in [1.82, 2.24) is 4.98 Å². The molecule has 19 heavy (non-hydrogen) atoms. The molecule has 0 N–H and O–H groups in total. The maximum Gasteiger partial charge on any atom is 0.573 e. The van der Waals surface area contributed by atoms with Gasteiger partial charge < -0.3 is 14.2 Å². The molecule has 0 bridgehead atoms. The normalized spacial score (nSPS) is 11.1. The van der Waals surface area contributed by atoms with E-state index in [1.54, 1.807) is 0 Å². The molecule has 106 valence electrons. The molecule has 0 aliphatic carbocycles. The van der Waals surface area contributed by atoms with Crippen LogP contribution in [-0.4, -0.2) is 31.5 Å². The highest BCUT2D eigenvalue weighted by Gasteiger charge is 2.34. The minimum Gasteiger partial charge on any atom is -0.481 e. The number of alkyl halides is 3. The number of hydrogen-bond acceptors (Lipinski definition) is 5. The highest BCUT2D eigenvalue weighted by molar-refractivity contribution is 5.74. The predicted molar refractivity (Wildman–Crippen MR) is 57.9 cm³/mol. The fourth-order valence-electron chi connectivity index (χ4n) is 1.43. The average molecular weight is 279 g/mol. The molecule has 0 saturated heterocycles. The Kier molecular flexibility index (Phi) is 4.57. The summed E-state index contributed by atoms with van der Waals surface area (Å²) in [5.41, 5.74) is 0.0312. The van der Waals surface area contributed by atoms with Gasteiger partial charge in [0.15, 0.2) is 0 Å². The van der Waals surface area contributed by atoms with E-state index in [1.807, 2.05) is 0 Å². The van der Waals surface area contributed by atoms with Crippen molar-refractivity contribution in [3.8, 4) is 11.6 Å². The molecule has 1 rings (SSSR count). The third-order valence-electron chi connectivity index (χ3n) is 2.23. The molecule has 1 aromatic heterocycles. The van der Waals surface area contributed by atoms with E-state index in [2.05, 4.69) is 14.5 Å². The summed E-state index contributed by atoms with van der Waals surface area (Å²) in [4.78, 5) is 15.0. The summed E-state index contributed by atoms with van der Waals surface area (Å²) in [5, 5.41) is 0. The Hall–Kier alpha value is -1.99. The van der Waals surface area contributed by atoms with Crippen LogP contribution in [0.5, 0.6) is 11.6 Å². The van der Waals surface area contributed by atoms with Gasteiger partial charge in [-0.3, -0.25) is 4.79 Å². The van der Waals surface area contributed by atoms with Crippen LogP contribution in [0.4, 0.5) is 13.2 Å². The number of ether oxygens (including phenoxy) is 3. The number of aryl methyl sites for hydroxylation is 1. The van der Waals surface area contributed by atoms with Crippen LogP contribution in [0.25, 0.3) is 0 Å². The highest BCUT2D eigenvalue weighted by atomic mass is 19.4. The monoisotopic (exact) mass is 279 g/mol. The van der Waals surface area contributed by atoms with Crippen LogP contribution in [0.15, 0.2) is 6.20 Å². The van der Waals surface area contributed by atoms with Crippen LogP contribution in [0.3, 0.4) is 0 Å². The molecule has 5 nitrogen and oxygen atoms in total. The second kappa shape index (κ2) is 5.77. The standard InChI is InChI=1S/C11H12F3NO4/c1-6-5-15-10(18-3)7(4-8(16)17-2)9(6)19-11(12,13)14/h5H,4H2,1-3H3. The number of carbonyl (C=O) groups excluding carboxylic acids is 1. The van der Waals surface area contributed by atoms with Crippen molar-refractivity contribution in [2.24, 2.45) is 0 Å². The van der Waals surface area contributed by atoms with Gasteiger partial charge in [0.2, 0.25) is 5.88 Å². The van der Waals surface area contributed by atoms with E-state index in [0.717, 1.165) is 7.11 Å². The molecule has 0 aromatic carbocycles. The molecule has 1 heterocycles. The van der Waals surface area contributed by atoms with Crippen molar-refractivity contribution in [2.75, 3.05) is 14.2 Å². The van der Waals surface area contributed by atoms with Crippen molar-refractivity contribution in [2.45, 2.75) is 19.7 Å². The first-order valence-electron chi connectivity index (χ1n) is 5.13. The molecule has 0 saturated carbocycles. The Morgan fingerprint density at radius 2 is 2.00 bits per heavy atom. The van der Waals surface area contributed by atoms with Crippen LogP contribution in [0.1, 0.15) is 11.1 Å². The van der Waals surface area contributed by atoms with E-state index in [0.29, 0.717) is 0 Å². The minimum atomic E-state index is -4.87. The topological polar surface area (TPSA) is 57.7 Å². The summed E-state index contributed by atoms with van der Waals surface area (Å²) in [6.07, 6.45) is -4.14. The molecule has 0 atom stereocenters. The lowest BCUT2D eigenvalue weighted by atomic mass is 10.1. The van der Waals surface area contributed by atoms with Crippen LogP contribution in [0.2, 0.25) is 0 Å². The van der Waals surface area contributed by atoms with Crippen molar-refractivity contribution < 1.29 is 32.2 Å². The van der Waals surface area contributed by atoms with E-state index in [1.165, 1.54) is 20.2 Å². The second-order valence-corrected chi connectivity index (χ2v) is 3.56. The predicted octanol–water partition coefficient (Wildman–Crippen LogP) is 2.01. The Balaban J connectivity index is 3.28. The van der Waals surface area contributed by atoms with Crippen LogP contribution >= 0.6 is 0 Å². The van der Waals surface area contributed by atoms with Crippen molar-refractivity contribution in [1.29, 1.82) is 0 Å². The summed E-state index contributed by atoms with van der Waals surface area (Å²) in [5.74, 6) is -1.34. The van der Waals surface area contributed by atoms with Crippen LogP contribution in [-0.2, 0) is 16.0 Å². The molecule has 8 heteroatoms. The Morgan fingerprint density at radius 1 is 1.37 bits per heavy atom. The molecular weight excluding hydrogens is 267 g/mol. The third kappa shape index (κ3) is 4.01. The molecule has 1 aromatic rings. The Bertz CT molecular complexity index is 474. The Morgan fingerprint density at radius 3 is 2.47 bits per heavy atom. The van der Waals surface area contributed by atoms with E-state index < -0.39 is 24.5 Å². The summed E-state index contributed by atoms with van der Waals surface area (Å²) in [7, 11) is 2.36. The SMILES string of the molecule is COC(=O)Cc1c(OC)ncc(C)c1OC(F)(F)F. The lowest BCUT2D eigenvalue weighted by Crippen LogP contribution is -2.20. The van der Waals surface area contributed by atoms with Gasteiger partial charge in [0, 0.05) is 11.8 Å². The molecule has 0 spiro atoms. The largest absolute Gasteiger partial charge is 0.573 e. The van der Waals surface area contributed by atoms with Gasteiger partial charge in [-0.05, 0) is 6.92 Å². The number of carbonyl (C=O) groups is 1. The fraction of sp³-hybridized carbons (Fsp3) is 0.455. The zero-order valence-corrected chi connectivity index (χ0v) is 10.5. The zero-order valence-electron chi connectivity index (χ0n) is 10.5. The van der Waals surface area contributed by atoms with Gasteiger partial charge in [-0.25, -0.2) is 4.98 Å². The molecule has 0 amide bonds.